The van der Waals surface area contributed by atoms with E-state index in [1.807, 2.05) is 30.3 Å². The molecule has 2 aromatic carbocycles. The molecule has 0 unspecified atom stereocenters. The van der Waals surface area contributed by atoms with Crippen LogP contribution in [0.4, 0.5) is 0 Å². The number of hydrogen-bond donors (Lipinski definition) is 0. The van der Waals surface area contributed by atoms with E-state index in [1.165, 1.54) is 10.2 Å². The van der Waals surface area contributed by atoms with Crippen LogP contribution in [0, 0.1) is 5.92 Å². The van der Waals surface area contributed by atoms with Gasteiger partial charge in [0.25, 0.3) is 5.91 Å². The molecule has 6 heteroatoms. The van der Waals surface area contributed by atoms with Gasteiger partial charge in [-0.25, -0.2) is 0 Å². The Morgan fingerprint density at radius 3 is 2.34 bits per heavy atom. The maximum atomic E-state index is 13.2. The molecule has 5 nitrogen and oxygen atoms in total. The summed E-state index contributed by atoms with van der Waals surface area (Å²) in [5.74, 6) is 0.527. The van der Waals surface area contributed by atoms with Crippen LogP contribution in [-0.2, 0) is 5.41 Å². The van der Waals surface area contributed by atoms with Crippen molar-refractivity contribution in [2.24, 2.45) is 5.92 Å². The topological polar surface area (TPSA) is 57.0 Å². The van der Waals surface area contributed by atoms with Crippen LogP contribution in [-0.4, -0.2) is 27.3 Å². The minimum atomic E-state index is -0.265. The molecule has 0 saturated carbocycles. The molecule has 3 rings (SSSR count). The summed E-state index contributed by atoms with van der Waals surface area (Å²) in [5.41, 5.74) is 2.58. The fourth-order valence-corrected chi connectivity index (χ4v) is 3.25. The zero-order valence-electron chi connectivity index (χ0n) is 17.4. The second-order valence-electron chi connectivity index (χ2n) is 8.45. The first-order valence-corrected chi connectivity index (χ1v) is 10.5. The molecule has 0 bridgehead atoms. The van der Waals surface area contributed by atoms with Gasteiger partial charge in [-0.3, -0.25) is 4.79 Å². The van der Waals surface area contributed by atoms with E-state index in [-0.39, 0.29) is 17.3 Å². The molecule has 0 fully saturated rings. The summed E-state index contributed by atoms with van der Waals surface area (Å²) in [5, 5.41) is 4.36. The predicted octanol–water partition coefficient (Wildman–Crippen LogP) is 5.73. The lowest BCUT2D eigenvalue weighted by Crippen LogP contribution is -2.16. The molecule has 0 aliphatic rings. The van der Waals surface area contributed by atoms with Crippen molar-refractivity contribution in [3.63, 3.8) is 0 Å². The summed E-state index contributed by atoms with van der Waals surface area (Å²) in [6.07, 6.45) is 0. The lowest BCUT2D eigenvalue weighted by atomic mass is 9.87. The minimum Gasteiger partial charge on any atom is -0.462 e. The molecule has 152 valence electrons. The van der Waals surface area contributed by atoms with E-state index < -0.39 is 0 Å². The van der Waals surface area contributed by atoms with Gasteiger partial charge in [0.2, 0.25) is 0 Å². The van der Waals surface area contributed by atoms with Crippen LogP contribution in [0.1, 0.15) is 50.5 Å². The Labute approximate surface area is 180 Å². The van der Waals surface area contributed by atoms with Crippen molar-refractivity contribution in [3.05, 3.63) is 64.1 Å². The third-order valence-electron chi connectivity index (χ3n) is 4.44. The minimum absolute atomic E-state index is 0.0441. The largest absolute Gasteiger partial charge is 0.462 e. The number of hydrogen-bond acceptors (Lipinski definition) is 4. The Morgan fingerprint density at radius 1 is 1.10 bits per heavy atom. The van der Waals surface area contributed by atoms with Crippen LogP contribution in [0.25, 0.3) is 11.4 Å². The van der Waals surface area contributed by atoms with Gasteiger partial charge in [0, 0.05) is 10.0 Å². The lowest BCUT2D eigenvalue weighted by molar-refractivity contribution is 0.0943. The molecule has 1 aromatic heterocycles. The second-order valence-corrected chi connectivity index (χ2v) is 9.30. The van der Waals surface area contributed by atoms with Gasteiger partial charge in [0.15, 0.2) is 5.82 Å². The van der Waals surface area contributed by atoms with Crippen molar-refractivity contribution in [1.29, 1.82) is 0 Å². The number of aromatic nitrogens is 3. The van der Waals surface area contributed by atoms with Crippen LogP contribution in [0.5, 0.6) is 6.01 Å². The van der Waals surface area contributed by atoms with Gasteiger partial charge in [-0.15, -0.1) is 5.10 Å². The fraction of sp³-hybridized carbons (Fsp3) is 0.348. The number of carbonyl (C=O) groups is 1. The van der Waals surface area contributed by atoms with E-state index in [0.29, 0.717) is 28.4 Å². The standard InChI is InChI=1S/C23H26BrN3O2/c1-15(2)14-29-22-25-20(16-10-12-17(13-11-16)23(3,4)5)27(26-22)21(28)18-8-6-7-9-19(18)24/h6-13,15H,14H2,1-5H3. The van der Waals surface area contributed by atoms with Crippen molar-refractivity contribution in [2.75, 3.05) is 6.61 Å². The van der Waals surface area contributed by atoms with Gasteiger partial charge in [0.1, 0.15) is 0 Å². The van der Waals surface area contributed by atoms with E-state index in [0.717, 1.165) is 5.56 Å². The quantitative estimate of drug-likeness (QED) is 0.492. The van der Waals surface area contributed by atoms with Gasteiger partial charge in [-0.1, -0.05) is 71.0 Å². The number of halogens is 1. The van der Waals surface area contributed by atoms with Crippen molar-refractivity contribution < 1.29 is 9.53 Å². The molecule has 0 atom stereocenters. The van der Waals surface area contributed by atoms with E-state index in [4.69, 9.17) is 4.74 Å². The molecule has 0 radical (unpaired) electrons. The smallest absolute Gasteiger partial charge is 0.336 e. The van der Waals surface area contributed by atoms with Crippen molar-refractivity contribution in [3.8, 4) is 17.4 Å². The van der Waals surface area contributed by atoms with Gasteiger partial charge >= 0.3 is 6.01 Å². The third-order valence-corrected chi connectivity index (χ3v) is 5.13. The number of nitrogens with zero attached hydrogens (tertiary/aromatic N) is 3. The van der Waals surface area contributed by atoms with Crippen molar-refractivity contribution >= 4 is 21.8 Å². The Bertz CT molecular complexity index is 1000. The van der Waals surface area contributed by atoms with Crippen LogP contribution in [0.2, 0.25) is 0 Å². The SMILES string of the molecule is CC(C)COc1nc(-c2ccc(C(C)(C)C)cc2)n(C(=O)c2ccccc2Br)n1. The summed E-state index contributed by atoms with van der Waals surface area (Å²) in [6.45, 7) is 11.1. The number of benzene rings is 2. The highest BCUT2D eigenvalue weighted by molar-refractivity contribution is 9.10. The molecule has 1 heterocycles. The van der Waals surface area contributed by atoms with Gasteiger partial charge in [-0.2, -0.15) is 9.67 Å². The molecule has 0 spiro atoms. The lowest BCUT2D eigenvalue weighted by Gasteiger charge is -2.19. The fourth-order valence-electron chi connectivity index (χ4n) is 2.79. The van der Waals surface area contributed by atoms with Gasteiger partial charge in [-0.05, 0) is 45.0 Å². The summed E-state index contributed by atoms with van der Waals surface area (Å²) in [4.78, 5) is 17.7. The zero-order chi connectivity index (χ0) is 21.2. The summed E-state index contributed by atoms with van der Waals surface area (Å²) >= 11 is 3.45. The van der Waals surface area contributed by atoms with Crippen molar-refractivity contribution in [2.45, 2.75) is 40.0 Å². The molecule has 0 aliphatic heterocycles. The Balaban J connectivity index is 2.05. The highest BCUT2D eigenvalue weighted by atomic mass is 79.9. The van der Waals surface area contributed by atoms with Crippen LogP contribution >= 0.6 is 15.9 Å². The average molecular weight is 456 g/mol. The molecule has 3 aromatic rings. The Hall–Kier alpha value is -2.47. The van der Waals surface area contributed by atoms with Gasteiger partial charge in [0.05, 0.1) is 12.2 Å². The van der Waals surface area contributed by atoms with Gasteiger partial charge < -0.3 is 4.74 Å². The maximum Gasteiger partial charge on any atom is 0.336 e. The van der Waals surface area contributed by atoms with E-state index in [1.54, 1.807) is 6.07 Å². The number of carbonyl (C=O) groups excluding carboxylic acids is 1. The molecule has 0 amide bonds. The molecular formula is C23H26BrN3O2. The van der Waals surface area contributed by atoms with Crippen LogP contribution < -0.4 is 4.74 Å². The molecule has 0 N–H and O–H groups in total. The number of ether oxygens (including phenoxy) is 1. The zero-order valence-corrected chi connectivity index (χ0v) is 19.0. The molecular weight excluding hydrogens is 430 g/mol. The van der Waals surface area contributed by atoms with E-state index >= 15 is 0 Å². The average Bonchev–Trinajstić information content (AvgIpc) is 3.10. The number of rotatable bonds is 5. The highest BCUT2D eigenvalue weighted by Gasteiger charge is 2.22. The van der Waals surface area contributed by atoms with Crippen molar-refractivity contribution in [1.82, 2.24) is 14.8 Å². The molecule has 29 heavy (non-hydrogen) atoms. The summed E-state index contributed by atoms with van der Waals surface area (Å²) in [6, 6.07) is 15.6. The second kappa shape index (κ2) is 8.49. The Kier molecular flexibility index (Phi) is 6.22. The monoisotopic (exact) mass is 455 g/mol. The van der Waals surface area contributed by atoms with E-state index in [9.17, 15) is 4.79 Å². The normalized spacial score (nSPS) is 11.7. The summed E-state index contributed by atoms with van der Waals surface area (Å²) in [7, 11) is 0. The maximum absolute atomic E-state index is 13.2. The highest BCUT2D eigenvalue weighted by Crippen LogP contribution is 2.27. The van der Waals surface area contributed by atoms with E-state index in [2.05, 4.69) is 72.8 Å². The molecule has 0 saturated heterocycles. The first-order valence-electron chi connectivity index (χ1n) is 9.67. The van der Waals surface area contributed by atoms with Crippen LogP contribution in [0.15, 0.2) is 53.0 Å². The molecule has 0 aliphatic carbocycles. The van der Waals surface area contributed by atoms with Crippen LogP contribution in [0.3, 0.4) is 0 Å². The third kappa shape index (κ3) is 4.93. The first-order chi connectivity index (χ1) is 13.7. The summed E-state index contributed by atoms with van der Waals surface area (Å²) < 4.78 is 7.73. The Morgan fingerprint density at radius 2 is 1.76 bits per heavy atom. The first kappa shape index (κ1) is 21.2. The predicted molar refractivity (Wildman–Crippen MR) is 118 cm³/mol.